The summed E-state index contributed by atoms with van der Waals surface area (Å²) in [6.07, 6.45) is 7.73. The normalized spacial score (nSPS) is 26.7. The Hall–Kier alpha value is -1.06. The Kier molecular flexibility index (Phi) is 3.27. The van der Waals surface area contributed by atoms with Gasteiger partial charge in [0, 0.05) is 12.2 Å². The number of pyridine rings is 1. The van der Waals surface area contributed by atoms with Gasteiger partial charge in [0.1, 0.15) is 0 Å². The van der Waals surface area contributed by atoms with Crippen molar-refractivity contribution in [3.63, 3.8) is 0 Å². The number of methoxy groups -OCH3 is 1. The maximum absolute atomic E-state index is 5.96. The zero-order valence-electron chi connectivity index (χ0n) is 10.4. The maximum Gasteiger partial charge on any atom is 0.171 e. The molecule has 1 fully saturated rings. The summed E-state index contributed by atoms with van der Waals surface area (Å²) in [4.78, 5) is 4.19. The van der Waals surface area contributed by atoms with E-state index in [1.54, 1.807) is 7.11 Å². The van der Waals surface area contributed by atoms with Crippen LogP contribution < -0.4 is 10.1 Å². The van der Waals surface area contributed by atoms with E-state index in [9.17, 15) is 0 Å². The number of hydrogen-bond donors (Lipinski definition) is 1. The van der Waals surface area contributed by atoms with Crippen LogP contribution in [-0.4, -0.2) is 24.7 Å². The van der Waals surface area contributed by atoms with Gasteiger partial charge in [-0.3, -0.25) is 0 Å². The van der Waals surface area contributed by atoms with E-state index in [1.807, 2.05) is 12.3 Å². The largest absolute Gasteiger partial charge is 0.494 e. The molecule has 2 unspecified atom stereocenters. The van der Waals surface area contributed by atoms with E-state index in [-0.39, 0.29) is 0 Å². The topological polar surface area (TPSA) is 34.1 Å². The number of ether oxygens (including phenoxy) is 1. The van der Waals surface area contributed by atoms with Crippen molar-refractivity contribution >= 4 is 17.2 Å². The number of hydrogen-bond acceptors (Lipinski definition) is 3. The average Bonchev–Trinajstić information content (AvgIpc) is 2.86. The van der Waals surface area contributed by atoms with E-state index in [1.165, 1.54) is 12.0 Å². The first kappa shape index (κ1) is 12.0. The van der Waals surface area contributed by atoms with Gasteiger partial charge in [0.2, 0.25) is 0 Å². The summed E-state index contributed by atoms with van der Waals surface area (Å²) < 4.78 is 5.23. The molecule has 3 nitrogen and oxygen atoms in total. The highest BCUT2D eigenvalue weighted by atomic mass is 35.5. The van der Waals surface area contributed by atoms with E-state index in [0.717, 1.165) is 30.9 Å². The summed E-state index contributed by atoms with van der Waals surface area (Å²) in [6, 6.07) is 2.61. The van der Waals surface area contributed by atoms with Crippen molar-refractivity contribution in [2.24, 2.45) is 5.92 Å². The molecule has 2 aliphatic rings. The smallest absolute Gasteiger partial charge is 0.171 e. The number of fused-ring (bicyclic) bond motifs is 1. The van der Waals surface area contributed by atoms with Crippen molar-refractivity contribution in [1.29, 1.82) is 0 Å². The Labute approximate surface area is 112 Å². The second kappa shape index (κ2) is 4.90. The first-order valence-electron chi connectivity index (χ1n) is 6.40. The predicted octanol–water partition coefficient (Wildman–Crippen LogP) is 2.90. The summed E-state index contributed by atoms with van der Waals surface area (Å²) in [5.74, 6) is 1.47. The maximum atomic E-state index is 5.96. The van der Waals surface area contributed by atoms with Gasteiger partial charge in [-0.1, -0.05) is 17.7 Å². The van der Waals surface area contributed by atoms with Gasteiger partial charge in [0.25, 0.3) is 0 Å². The molecule has 4 heteroatoms. The Bertz CT molecular complexity index is 487. The first-order chi connectivity index (χ1) is 8.78. The van der Waals surface area contributed by atoms with Gasteiger partial charge in [-0.2, -0.15) is 0 Å². The van der Waals surface area contributed by atoms with Crippen molar-refractivity contribution < 1.29 is 4.74 Å². The van der Waals surface area contributed by atoms with Gasteiger partial charge in [-0.15, -0.1) is 0 Å². The van der Waals surface area contributed by atoms with Crippen LogP contribution in [0.1, 0.15) is 24.8 Å². The van der Waals surface area contributed by atoms with Gasteiger partial charge in [0.05, 0.1) is 7.11 Å². The third kappa shape index (κ3) is 2.13. The fourth-order valence-corrected chi connectivity index (χ4v) is 3.12. The van der Waals surface area contributed by atoms with Gasteiger partial charge in [-0.25, -0.2) is 4.98 Å². The van der Waals surface area contributed by atoms with Crippen LogP contribution in [0, 0.1) is 5.92 Å². The number of nitrogens with zero attached hydrogens (tertiary/aromatic N) is 1. The third-order valence-corrected chi connectivity index (χ3v) is 4.28. The van der Waals surface area contributed by atoms with E-state index < -0.39 is 0 Å². The Balaban J connectivity index is 1.86. The molecule has 2 heterocycles. The zero-order chi connectivity index (χ0) is 12.5. The highest BCUT2D eigenvalue weighted by molar-refractivity contribution is 6.30. The van der Waals surface area contributed by atoms with Crippen LogP contribution in [0.5, 0.6) is 5.75 Å². The molecule has 2 atom stereocenters. The van der Waals surface area contributed by atoms with Crippen molar-refractivity contribution in [2.45, 2.75) is 25.3 Å². The molecule has 1 aromatic rings. The SMILES string of the molecule is COc1cc(C2=CCC3CCNC3C2)cnc1Cl. The molecular weight excluding hydrogens is 248 g/mol. The minimum Gasteiger partial charge on any atom is -0.494 e. The van der Waals surface area contributed by atoms with E-state index in [0.29, 0.717) is 16.9 Å². The number of halogens is 1. The predicted molar refractivity (Wildman–Crippen MR) is 72.9 cm³/mol. The summed E-state index contributed by atoms with van der Waals surface area (Å²) in [5.41, 5.74) is 2.48. The molecule has 0 amide bonds. The van der Waals surface area contributed by atoms with E-state index >= 15 is 0 Å². The highest BCUT2D eigenvalue weighted by Crippen LogP contribution is 2.36. The van der Waals surface area contributed by atoms with Crippen molar-refractivity contribution in [3.8, 4) is 5.75 Å². The summed E-state index contributed by atoms with van der Waals surface area (Å²) in [6.45, 7) is 1.15. The summed E-state index contributed by atoms with van der Waals surface area (Å²) in [7, 11) is 1.62. The van der Waals surface area contributed by atoms with Crippen LogP contribution in [0.2, 0.25) is 5.15 Å². The molecule has 1 N–H and O–H groups in total. The molecule has 1 aliphatic carbocycles. The molecule has 0 radical (unpaired) electrons. The standard InChI is InChI=1S/C14H17ClN2O/c1-18-13-7-11(8-17-14(13)15)10-3-2-9-4-5-16-12(9)6-10/h3,7-9,12,16H,2,4-6H2,1H3. The Morgan fingerprint density at radius 2 is 2.39 bits per heavy atom. The van der Waals surface area contributed by atoms with Crippen LogP contribution in [0.15, 0.2) is 18.3 Å². The summed E-state index contributed by atoms with van der Waals surface area (Å²) >= 11 is 5.96. The van der Waals surface area contributed by atoms with Crippen LogP contribution in [0.25, 0.3) is 5.57 Å². The van der Waals surface area contributed by atoms with Gasteiger partial charge in [0.15, 0.2) is 10.9 Å². The first-order valence-corrected chi connectivity index (χ1v) is 6.78. The quantitative estimate of drug-likeness (QED) is 0.834. The minimum atomic E-state index is 0.425. The molecule has 0 bridgehead atoms. The molecule has 1 aromatic heterocycles. The van der Waals surface area contributed by atoms with Crippen LogP contribution in [0.3, 0.4) is 0 Å². The third-order valence-electron chi connectivity index (χ3n) is 4.00. The Morgan fingerprint density at radius 1 is 1.50 bits per heavy atom. The molecule has 3 rings (SSSR count). The van der Waals surface area contributed by atoms with E-state index in [4.69, 9.17) is 16.3 Å². The Morgan fingerprint density at radius 3 is 3.22 bits per heavy atom. The average molecular weight is 265 g/mol. The lowest BCUT2D eigenvalue weighted by Crippen LogP contribution is -2.29. The molecular formula is C14H17ClN2O. The van der Waals surface area contributed by atoms with Crippen LogP contribution >= 0.6 is 11.6 Å². The van der Waals surface area contributed by atoms with Crippen LogP contribution in [0.4, 0.5) is 0 Å². The zero-order valence-corrected chi connectivity index (χ0v) is 11.2. The highest BCUT2D eigenvalue weighted by Gasteiger charge is 2.30. The number of rotatable bonds is 2. The van der Waals surface area contributed by atoms with Crippen molar-refractivity contribution in [3.05, 3.63) is 29.1 Å². The second-order valence-electron chi connectivity index (χ2n) is 5.00. The lowest BCUT2D eigenvalue weighted by molar-refractivity contribution is 0.412. The van der Waals surface area contributed by atoms with Crippen LogP contribution in [-0.2, 0) is 0 Å². The number of allylic oxidation sites excluding steroid dienone is 1. The minimum absolute atomic E-state index is 0.425. The van der Waals surface area contributed by atoms with Crippen molar-refractivity contribution in [2.75, 3.05) is 13.7 Å². The fourth-order valence-electron chi connectivity index (χ4n) is 2.94. The molecule has 18 heavy (non-hydrogen) atoms. The van der Waals surface area contributed by atoms with Gasteiger partial charge in [-0.05, 0) is 48.9 Å². The fraction of sp³-hybridized carbons (Fsp3) is 0.500. The molecule has 0 saturated carbocycles. The number of aromatic nitrogens is 1. The lowest BCUT2D eigenvalue weighted by Gasteiger charge is -2.25. The lowest BCUT2D eigenvalue weighted by atomic mass is 9.84. The summed E-state index contributed by atoms with van der Waals surface area (Å²) in [5, 5.41) is 4.01. The van der Waals surface area contributed by atoms with Crippen molar-refractivity contribution in [1.82, 2.24) is 10.3 Å². The molecule has 1 saturated heterocycles. The molecule has 96 valence electrons. The molecule has 0 aromatic carbocycles. The molecule has 0 spiro atoms. The monoisotopic (exact) mass is 264 g/mol. The molecule has 1 aliphatic heterocycles. The van der Waals surface area contributed by atoms with Gasteiger partial charge >= 0.3 is 0 Å². The van der Waals surface area contributed by atoms with E-state index in [2.05, 4.69) is 16.4 Å². The van der Waals surface area contributed by atoms with Gasteiger partial charge < -0.3 is 10.1 Å². The number of nitrogens with one attached hydrogen (secondary N) is 1. The second-order valence-corrected chi connectivity index (χ2v) is 5.35.